The number of nitrogens with one attached hydrogen (secondary N) is 1. The van der Waals surface area contributed by atoms with E-state index in [1.165, 1.54) is 32.1 Å². The van der Waals surface area contributed by atoms with Gasteiger partial charge in [0.05, 0.1) is 6.61 Å². The minimum atomic E-state index is 0.562. The van der Waals surface area contributed by atoms with E-state index < -0.39 is 0 Å². The minimum absolute atomic E-state index is 0.562. The second kappa shape index (κ2) is 10.0. The van der Waals surface area contributed by atoms with Crippen LogP contribution in [-0.4, -0.2) is 26.3 Å². The van der Waals surface area contributed by atoms with Gasteiger partial charge in [0.1, 0.15) is 0 Å². The fourth-order valence-corrected chi connectivity index (χ4v) is 1.55. The van der Waals surface area contributed by atoms with Crippen molar-refractivity contribution in [2.75, 3.05) is 20.3 Å². The van der Waals surface area contributed by atoms with Crippen LogP contribution >= 0.6 is 0 Å². The SMILES string of the molecule is CCCCCCC(COC)NCC. The summed E-state index contributed by atoms with van der Waals surface area (Å²) < 4.78 is 5.15. The largest absolute Gasteiger partial charge is 0.383 e. The fourth-order valence-electron chi connectivity index (χ4n) is 1.55. The zero-order chi connectivity index (χ0) is 9.94. The van der Waals surface area contributed by atoms with Gasteiger partial charge in [0.25, 0.3) is 0 Å². The van der Waals surface area contributed by atoms with Crippen molar-refractivity contribution < 1.29 is 4.74 Å². The van der Waals surface area contributed by atoms with Crippen molar-refractivity contribution >= 4 is 0 Å². The van der Waals surface area contributed by atoms with Crippen molar-refractivity contribution in [3.63, 3.8) is 0 Å². The van der Waals surface area contributed by atoms with Crippen LogP contribution in [0.3, 0.4) is 0 Å². The molecular formula is C11H25NO. The third-order valence-corrected chi connectivity index (χ3v) is 2.27. The normalized spacial score (nSPS) is 13.2. The lowest BCUT2D eigenvalue weighted by Crippen LogP contribution is -2.32. The first-order valence-corrected chi connectivity index (χ1v) is 5.57. The molecule has 0 aromatic carbocycles. The lowest BCUT2D eigenvalue weighted by Gasteiger charge is -2.16. The molecule has 0 spiro atoms. The van der Waals surface area contributed by atoms with Gasteiger partial charge in [-0.3, -0.25) is 0 Å². The summed E-state index contributed by atoms with van der Waals surface area (Å²) in [6, 6.07) is 0.562. The highest BCUT2D eigenvalue weighted by molar-refractivity contribution is 4.64. The number of likely N-dealkylation sites (N-methyl/N-ethyl adjacent to an activating group) is 1. The molecule has 0 radical (unpaired) electrons. The van der Waals surface area contributed by atoms with E-state index in [4.69, 9.17) is 4.74 Å². The van der Waals surface area contributed by atoms with Gasteiger partial charge < -0.3 is 10.1 Å². The molecule has 0 bridgehead atoms. The van der Waals surface area contributed by atoms with Gasteiger partial charge in [-0.15, -0.1) is 0 Å². The van der Waals surface area contributed by atoms with Gasteiger partial charge in [-0.25, -0.2) is 0 Å². The number of hydrogen-bond acceptors (Lipinski definition) is 2. The molecule has 2 heteroatoms. The predicted octanol–water partition coefficient (Wildman–Crippen LogP) is 2.58. The standard InChI is InChI=1S/C11H25NO/c1-4-6-7-8-9-11(10-13-3)12-5-2/h11-12H,4-10H2,1-3H3. The highest BCUT2D eigenvalue weighted by Gasteiger charge is 2.05. The third kappa shape index (κ3) is 8.26. The third-order valence-electron chi connectivity index (χ3n) is 2.27. The van der Waals surface area contributed by atoms with Gasteiger partial charge in [-0.1, -0.05) is 39.5 Å². The van der Waals surface area contributed by atoms with E-state index in [1.54, 1.807) is 7.11 Å². The van der Waals surface area contributed by atoms with Crippen LogP contribution in [0.5, 0.6) is 0 Å². The molecular weight excluding hydrogens is 162 g/mol. The molecule has 1 unspecified atom stereocenters. The lowest BCUT2D eigenvalue weighted by atomic mass is 10.1. The Morgan fingerprint density at radius 2 is 1.92 bits per heavy atom. The van der Waals surface area contributed by atoms with Crippen molar-refractivity contribution in [2.24, 2.45) is 0 Å². The number of rotatable bonds is 9. The summed E-state index contributed by atoms with van der Waals surface area (Å²) in [5, 5.41) is 3.44. The number of unbranched alkanes of at least 4 members (excludes halogenated alkanes) is 3. The maximum Gasteiger partial charge on any atom is 0.0615 e. The van der Waals surface area contributed by atoms with E-state index >= 15 is 0 Å². The minimum Gasteiger partial charge on any atom is -0.383 e. The summed E-state index contributed by atoms with van der Waals surface area (Å²) in [7, 11) is 1.77. The molecule has 0 aliphatic heterocycles. The molecule has 0 aromatic heterocycles. The molecule has 2 nitrogen and oxygen atoms in total. The van der Waals surface area contributed by atoms with E-state index in [0.29, 0.717) is 6.04 Å². The van der Waals surface area contributed by atoms with E-state index in [-0.39, 0.29) is 0 Å². The first-order chi connectivity index (χ1) is 6.35. The van der Waals surface area contributed by atoms with Crippen LogP contribution in [0.15, 0.2) is 0 Å². The highest BCUT2D eigenvalue weighted by Crippen LogP contribution is 2.05. The highest BCUT2D eigenvalue weighted by atomic mass is 16.5. The molecule has 1 N–H and O–H groups in total. The molecule has 1 atom stereocenters. The second-order valence-electron chi connectivity index (χ2n) is 3.56. The van der Waals surface area contributed by atoms with Crippen LogP contribution < -0.4 is 5.32 Å². The Labute approximate surface area is 83.1 Å². The smallest absolute Gasteiger partial charge is 0.0615 e. The van der Waals surface area contributed by atoms with Crippen LogP contribution in [0.25, 0.3) is 0 Å². The monoisotopic (exact) mass is 187 g/mol. The molecule has 80 valence electrons. The van der Waals surface area contributed by atoms with Crippen LogP contribution in [0.4, 0.5) is 0 Å². The molecule has 0 saturated heterocycles. The number of methoxy groups -OCH3 is 1. The molecule has 0 aromatic rings. The van der Waals surface area contributed by atoms with Gasteiger partial charge in [0.15, 0.2) is 0 Å². The number of ether oxygens (including phenoxy) is 1. The summed E-state index contributed by atoms with van der Waals surface area (Å²) in [5.41, 5.74) is 0. The second-order valence-corrected chi connectivity index (χ2v) is 3.56. The van der Waals surface area contributed by atoms with Gasteiger partial charge in [-0.2, -0.15) is 0 Å². The van der Waals surface area contributed by atoms with Crippen LogP contribution in [0, 0.1) is 0 Å². The first-order valence-electron chi connectivity index (χ1n) is 5.57. The van der Waals surface area contributed by atoms with E-state index in [2.05, 4.69) is 19.2 Å². The van der Waals surface area contributed by atoms with E-state index in [0.717, 1.165) is 13.2 Å². The van der Waals surface area contributed by atoms with Crippen LogP contribution in [0.1, 0.15) is 46.0 Å². The molecule has 0 saturated carbocycles. The number of hydrogen-bond donors (Lipinski definition) is 1. The van der Waals surface area contributed by atoms with E-state index in [1.807, 2.05) is 0 Å². The zero-order valence-corrected chi connectivity index (χ0v) is 9.44. The van der Waals surface area contributed by atoms with Crippen LogP contribution in [0.2, 0.25) is 0 Å². The van der Waals surface area contributed by atoms with Crippen molar-refractivity contribution in [3.05, 3.63) is 0 Å². The van der Waals surface area contributed by atoms with Gasteiger partial charge in [0, 0.05) is 13.2 Å². The summed E-state index contributed by atoms with van der Waals surface area (Å²) in [6.45, 7) is 6.29. The first kappa shape index (κ1) is 12.9. The fraction of sp³-hybridized carbons (Fsp3) is 1.00. The molecule has 0 aliphatic carbocycles. The van der Waals surface area contributed by atoms with Crippen molar-refractivity contribution in [2.45, 2.75) is 52.0 Å². The zero-order valence-electron chi connectivity index (χ0n) is 9.44. The van der Waals surface area contributed by atoms with Gasteiger partial charge >= 0.3 is 0 Å². The molecule has 13 heavy (non-hydrogen) atoms. The van der Waals surface area contributed by atoms with E-state index in [9.17, 15) is 0 Å². The summed E-state index contributed by atoms with van der Waals surface area (Å²) in [6.07, 6.45) is 6.63. The summed E-state index contributed by atoms with van der Waals surface area (Å²) >= 11 is 0. The Hall–Kier alpha value is -0.0800. The molecule has 0 rings (SSSR count). The Morgan fingerprint density at radius 1 is 1.15 bits per heavy atom. The average Bonchev–Trinajstić information content (AvgIpc) is 2.13. The predicted molar refractivity (Wildman–Crippen MR) is 58.1 cm³/mol. The Bertz CT molecular complexity index is 90.1. The topological polar surface area (TPSA) is 21.3 Å². The molecule has 0 amide bonds. The van der Waals surface area contributed by atoms with Crippen LogP contribution in [-0.2, 0) is 4.74 Å². The Kier molecular flexibility index (Phi) is 9.94. The van der Waals surface area contributed by atoms with Gasteiger partial charge in [-0.05, 0) is 13.0 Å². The van der Waals surface area contributed by atoms with Crippen molar-refractivity contribution in [3.8, 4) is 0 Å². The molecule has 0 aliphatic rings. The maximum absolute atomic E-state index is 5.15. The molecule has 0 heterocycles. The maximum atomic E-state index is 5.15. The molecule has 0 fully saturated rings. The Morgan fingerprint density at radius 3 is 2.46 bits per heavy atom. The van der Waals surface area contributed by atoms with Crippen molar-refractivity contribution in [1.82, 2.24) is 5.32 Å². The lowest BCUT2D eigenvalue weighted by molar-refractivity contribution is 0.162. The quantitative estimate of drug-likeness (QED) is 0.560. The van der Waals surface area contributed by atoms with Gasteiger partial charge in [0.2, 0.25) is 0 Å². The Balaban J connectivity index is 3.33. The summed E-state index contributed by atoms with van der Waals surface area (Å²) in [4.78, 5) is 0. The van der Waals surface area contributed by atoms with Crippen molar-refractivity contribution in [1.29, 1.82) is 0 Å². The average molecular weight is 187 g/mol. The summed E-state index contributed by atoms with van der Waals surface area (Å²) in [5.74, 6) is 0.